The average molecular weight is 970 g/mol. The number of carbonyl (C=O) groups excluding carboxylic acids is 2. The second-order valence-corrected chi connectivity index (χ2v) is 21.3. The lowest BCUT2D eigenvalue weighted by molar-refractivity contribution is -0.161. The van der Waals surface area contributed by atoms with Gasteiger partial charge in [-0.05, 0) is 32.1 Å². The predicted molar refractivity (Wildman–Crippen MR) is 284 cm³/mol. The second kappa shape index (κ2) is 54.1. The monoisotopic (exact) mass is 970 g/mol. The van der Waals surface area contributed by atoms with Crippen LogP contribution in [0.2, 0.25) is 0 Å². The molecule has 0 aromatic heterocycles. The summed E-state index contributed by atoms with van der Waals surface area (Å²) in [6.45, 7) is 3.79. The molecule has 398 valence electrons. The lowest BCUT2D eigenvalue weighted by Gasteiger charge is -2.19. The van der Waals surface area contributed by atoms with Gasteiger partial charge in [-0.1, -0.05) is 276 Å². The number of phosphoric acid groups is 1. The molecule has 0 heterocycles. The molecule has 0 aliphatic carbocycles. The van der Waals surface area contributed by atoms with Crippen molar-refractivity contribution in [3.05, 3.63) is 12.2 Å². The van der Waals surface area contributed by atoms with Crippen molar-refractivity contribution in [2.24, 2.45) is 5.73 Å². The summed E-state index contributed by atoms with van der Waals surface area (Å²) in [5.74, 6) is -0.844. The molecule has 0 aliphatic rings. The van der Waals surface area contributed by atoms with Crippen LogP contribution in [0.4, 0.5) is 0 Å². The first-order valence-electron chi connectivity index (χ1n) is 29.2. The Labute approximate surface area is 415 Å². The molecular weight excluding hydrogens is 858 g/mol. The molecule has 0 amide bonds. The third kappa shape index (κ3) is 53.9. The molecule has 0 saturated heterocycles. The first-order chi connectivity index (χ1) is 32.8. The van der Waals surface area contributed by atoms with Crippen molar-refractivity contribution in [2.75, 3.05) is 26.4 Å². The van der Waals surface area contributed by atoms with E-state index in [1.807, 2.05) is 0 Å². The van der Waals surface area contributed by atoms with Gasteiger partial charge in [0.15, 0.2) is 6.10 Å². The number of carbonyl (C=O) groups is 2. The van der Waals surface area contributed by atoms with Crippen LogP contribution in [0.15, 0.2) is 12.2 Å². The summed E-state index contributed by atoms with van der Waals surface area (Å²) >= 11 is 0. The number of phosphoric ester groups is 1. The minimum atomic E-state index is -4.39. The lowest BCUT2D eigenvalue weighted by atomic mass is 10.0. The van der Waals surface area contributed by atoms with Crippen LogP contribution in [-0.4, -0.2) is 49.3 Å². The fourth-order valence-corrected chi connectivity index (χ4v) is 9.59. The minimum Gasteiger partial charge on any atom is -0.462 e. The zero-order chi connectivity index (χ0) is 48.8. The van der Waals surface area contributed by atoms with Gasteiger partial charge in [-0.3, -0.25) is 18.6 Å². The summed E-state index contributed by atoms with van der Waals surface area (Å²) in [5.41, 5.74) is 5.38. The molecule has 3 N–H and O–H groups in total. The molecule has 0 aromatic rings. The van der Waals surface area contributed by atoms with E-state index in [2.05, 4.69) is 26.0 Å². The van der Waals surface area contributed by atoms with Crippen molar-refractivity contribution in [3.8, 4) is 0 Å². The van der Waals surface area contributed by atoms with E-state index in [-0.39, 0.29) is 32.6 Å². The third-order valence-electron chi connectivity index (χ3n) is 13.2. The summed E-state index contributed by atoms with van der Waals surface area (Å²) in [7, 11) is -4.39. The van der Waals surface area contributed by atoms with E-state index in [9.17, 15) is 19.0 Å². The maximum absolute atomic E-state index is 12.7. The Morgan fingerprint density at radius 2 is 0.746 bits per heavy atom. The molecule has 0 aromatic carbocycles. The van der Waals surface area contributed by atoms with E-state index in [1.54, 1.807) is 0 Å². The molecule has 0 rings (SSSR count). The van der Waals surface area contributed by atoms with E-state index < -0.39 is 32.5 Å². The Kier molecular flexibility index (Phi) is 53.1. The number of hydrogen-bond acceptors (Lipinski definition) is 8. The highest BCUT2D eigenvalue weighted by molar-refractivity contribution is 7.47. The fraction of sp³-hybridized carbons (Fsp3) is 0.930. The van der Waals surface area contributed by atoms with E-state index in [1.165, 1.54) is 244 Å². The molecule has 0 saturated carbocycles. The number of hydrogen-bond donors (Lipinski definition) is 2. The van der Waals surface area contributed by atoms with E-state index >= 15 is 0 Å². The molecule has 9 nitrogen and oxygen atoms in total. The Bertz CT molecular complexity index is 1110. The van der Waals surface area contributed by atoms with Gasteiger partial charge in [0.05, 0.1) is 13.2 Å². The Balaban J connectivity index is 3.95. The molecule has 0 radical (unpaired) electrons. The number of unbranched alkanes of at least 4 members (excludes halogenated alkanes) is 41. The molecule has 0 fully saturated rings. The van der Waals surface area contributed by atoms with Crippen LogP contribution in [-0.2, 0) is 32.7 Å². The lowest BCUT2D eigenvalue weighted by Crippen LogP contribution is -2.29. The number of rotatable bonds is 56. The highest BCUT2D eigenvalue weighted by Crippen LogP contribution is 2.43. The van der Waals surface area contributed by atoms with Gasteiger partial charge >= 0.3 is 19.8 Å². The third-order valence-corrected chi connectivity index (χ3v) is 14.1. The Hall–Kier alpha value is -1.25. The fourth-order valence-electron chi connectivity index (χ4n) is 8.82. The van der Waals surface area contributed by atoms with Gasteiger partial charge < -0.3 is 20.1 Å². The first kappa shape index (κ1) is 65.8. The molecular formula is C57H112NO8P. The largest absolute Gasteiger partial charge is 0.472 e. The van der Waals surface area contributed by atoms with Crippen LogP contribution in [0.5, 0.6) is 0 Å². The summed E-state index contributed by atoms with van der Waals surface area (Å²) < 4.78 is 33.0. The molecule has 10 heteroatoms. The molecule has 67 heavy (non-hydrogen) atoms. The molecule has 0 aliphatic heterocycles. The maximum atomic E-state index is 12.7. The second-order valence-electron chi connectivity index (χ2n) is 19.9. The molecule has 2 atom stereocenters. The maximum Gasteiger partial charge on any atom is 0.472 e. The van der Waals surface area contributed by atoms with Gasteiger partial charge in [0.25, 0.3) is 0 Å². The van der Waals surface area contributed by atoms with Crippen LogP contribution in [0.25, 0.3) is 0 Å². The molecule has 0 spiro atoms. The van der Waals surface area contributed by atoms with Gasteiger partial charge in [0.2, 0.25) is 0 Å². The summed E-state index contributed by atoms with van der Waals surface area (Å²) in [5, 5.41) is 0. The Morgan fingerprint density at radius 3 is 1.10 bits per heavy atom. The topological polar surface area (TPSA) is 134 Å². The molecule has 0 bridgehead atoms. The first-order valence-corrected chi connectivity index (χ1v) is 30.7. The number of ether oxygens (including phenoxy) is 2. The zero-order valence-electron chi connectivity index (χ0n) is 44.4. The highest BCUT2D eigenvalue weighted by atomic mass is 31.2. The summed E-state index contributed by atoms with van der Waals surface area (Å²) in [6, 6.07) is 0. The van der Waals surface area contributed by atoms with Crippen LogP contribution < -0.4 is 5.73 Å². The number of nitrogens with two attached hydrogens (primary N) is 1. The number of allylic oxidation sites excluding steroid dienone is 2. The minimum absolute atomic E-state index is 0.0538. The van der Waals surface area contributed by atoms with Crippen molar-refractivity contribution in [1.82, 2.24) is 0 Å². The van der Waals surface area contributed by atoms with Gasteiger partial charge in [-0.2, -0.15) is 0 Å². The van der Waals surface area contributed by atoms with Crippen LogP contribution in [0.1, 0.15) is 309 Å². The average Bonchev–Trinajstić information content (AvgIpc) is 3.32. The summed E-state index contributed by atoms with van der Waals surface area (Å²) in [6.07, 6.45) is 61.4. The van der Waals surface area contributed by atoms with Crippen molar-refractivity contribution in [1.29, 1.82) is 0 Å². The van der Waals surface area contributed by atoms with Crippen molar-refractivity contribution < 1.29 is 37.6 Å². The van der Waals surface area contributed by atoms with Crippen LogP contribution >= 0.6 is 7.82 Å². The van der Waals surface area contributed by atoms with E-state index in [4.69, 9.17) is 24.3 Å². The van der Waals surface area contributed by atoms with E-state index in [0.29, 0.717) is 12.8 Å². The van der Waals surface area contributed by atoms with Gasteiger partial charge in [0.1, 0.15) is 6.61 Å². The highest BCUT2D eigenvalue weighted by Gasteiger charge is 2.26. The molecule has 1 unspecified atom stereocenters. The normalized spacial score (nSPS) is 13.1. The zero-order valence-corrected chi connectivity index (χ0v) is 45.3. The van der Waals surface area contributed by atoms with Crippen molar-refractivity contribution in [2.45, 2.75) is 315 Å². The number of esters is 2. The van der Waals surface area contributed by atoms with Crippen molar-refractivity contribution >= 4 is 19.8 Å². The smallest absolute Gasteiger partial charge is 0.462 e. The van der Waals surface area contributed by atoms with Crippen LogP contribution in [0.3, 0.4) is 0 Å². The Morgan fingerprint density at radius 1 is 0.433 bits per heavy atom. The van der Waals surface area contributed by atoms with Gasteiger partial charge in [-0.25, -0.2) is 4.57 Å². The van der Waals surface area contributed by atoms with Gasteiger partial charge in [-0.15, -0.1) is 0 Å². The predicted octanol–water partition coefficient (Wildman–Crippen LogP) is 18.1. The van der Waals surface area contributed by atoms with Crippen molar-refractivity contribution in [3.63, 3.8) is 0 Å². The van der Waals surface area contributed by atoms with Crippen LogP contribution in [0, 0.1) is 0 Å². The standard InChI is InChI=1S/C57H112NO8P/c1-3-5-7-9-11-13-15-17-19-21-23-25-27-29-31-33-35-37-39-41-43-45-47-49-56(59)63-53-55(54-65-67(61,62)64-52-51-58)66-57(60)50-48-46-44-42-40-38-36-34-32-30-28-26-24-22-20-18-16-14-12-10-8-6-4-2/h41,43,55H,3-40,42,44-54,58H2,1-2H3,(H,61,62)/b43-41+/t55-/m1/s1. The summed E-state index contributed by atoms with van der Waals surface area (Å²) in [4.78, 5) is 35.1. The quantitative estimate of drug-likeness (QED) is 0.0264. The SMILES string of the molecule is CCCCCCCCCCCCCCCCCCCC/C=C/CCCC(=O)OC[C@H](COP(=O)(O)OCCN)OC(=O)CCCCCCCCCCCCCCCCCCCCCCCCC. The van der Waals surface area contributed by atoms with Gasteiger partial charge in [0, 0.05) is 19.4 Å². The van der Waals surface area contributed by atoms with E-state index in [0.717, 1.165) is 25.7 Å².